The number of nitrogens with zero attached hydrogens (tertiary/aromatic N) is 1. The van der Waals surface area contributed by atoms with Crippen LogP contribution in [-0.4, -0.2) is 44.9 Å². The summed E-state index contributed by atoms with van der Waals surface area (Å²) in [4.78, 5) is 2.14. The molecule has 17 heavy (non-hydrogen) atoms. The Hall–Kier alpha value is -1.42. The zero-order chi connectivity index (χ0) is 12.8. The van der Waals surface area contributed by atoms with Gasteiger partial charge in [-0.15, -0.1) is 0 Å². The molecule has 1 N–H and O–H groups in total. The van der Waals surface area contributed by atoms with E-state index < -0.39 is 0 Å². The van der Waals surface area contributed by atoms with Crippen LogP contribution in [0.2, 0.25) is 0 Å². The Morgan fingerprint density at radius 2 is 1.88 bits per heavy atom. The van der Waals surface area contributed by atoms with Gasteiger partial charge in [-0.3, -0.25) is 0 Å². The van der Waals surface area contributed by atoms with Gasteiger partial charge in [0.15, 0.2) is 11.5 Å². The topological polar surface area (TPSA) is 41.9 Å². The molecule has 1 rings (SSSR count). The summed E-state index contributed by atoms with van der Waals surface area (Å²) in [5.74, 6) is 1.10. The molecule has 0 amide bonds. The Labute approximate surface area is 103 Å². The number of aromatic hydroxyl groups is 1. The first kappa shape index (κ1) is 13.6. The molecule has 0 bridgehead atoms. The van der Waals surface area contributed by atoms with Crippen LogP contribution in [0, 0.1) is 0 Å². The molecule has 0 aromatic heterocycles. The first-order valence-corrected chi connectivity index (χ1v) is 5.67. The predicted molar refractivity (Wildman–Crippen MR) is 68.1 cm³/mol. The standard InChI is InChI=1S/C13H21NO3/c1-14(2)7-5-6-10-8-11(15)13(17-4)12(9-10)16-3/h8-9,15H,5-7H2,1-4H3. The first-order chi connectivity index (χ1) is 8.08. The minimum absolute atomic E-state index is 0.131. The number of phenols is 1. The van der Waals surface area contributed by atoms with Crippen molar-refractivity contribution in [3.8, 4) is 17.2 Å². The third kappa shape index (κ3) is 3.82. The lowest BCUT2D eigenvalue weighted by Gasteiger charge is -2.13. The molecule has 96 valence electrons. The highest BCUT2D eigenvalue weighted by Crippen LogP contribution is 2.37. The molecule has 0 spiro atoms. The summed E-state index contributed by atoms with van der Waals surface area (Å²) in [7, 11) is 7.18. The molecule has 0 radical (unpaired) electrons. The van der Waals surface area contributed by atoms with Gasteiger partial charge in [0, 0.05) is 0 Å². The second-order valence-electron chi connectivity index (χ2n) is 4.26. The van der Waals surface area contributed by atoms with E-state index in [0.29, 0.717) is 11.5 Å². The van der Waals surface area contributed by atoms with Crippen LogP contribution in [0.3, 0.4) is 0 Å². The molecule has 0 unspecified atom stereocenters. The Kier molecular flexibility index (Phi) is 5.10. The van der Waals surface area contributed by atoms with Crippen molar-refractivity contribution in [2.45, 2.75) is 12.8 Å². The van der Waals surface area contributed by atoms with Crippen molar-refractivity contribution < 1.29 is 14.6 Å². The summed E-state index contributed by atoms with van der Waals surface area (Å²) in [6.07, 6.45) is 1.95. The summed E-state index contributed by atoms with van der Waals surface area (Å²) in [5.41, 5.74) is 1.06. The quantitative estimate of drug-likeness (QED) is 0.823. The summed E-state index contributed by atoms with van der Waals surface area (Å²) in [5, 5.41) is 9.80. The smallest absolute Gasteiger partial charge is 0.203 e. The van der Waals surface area contributed by atoms with Crippen LogP contribution in [0.25, 0.3) is 0 Å². The molecule has 4 heteroatoms. The Bertz CT molecular complexity index is 364. The van der Waals surface area contributed by atoms with E-state index in [4.69, 9.17) is 9.47 Å². The molecule has 0 aliphatic heterocycles. The monoisotopic (exact) mass is 239 g/mol. The molecule has 0 aliphatic rings. The summed E-state index contributed by atoms with van der Waals surface area (Å²) in [6.45, 7) is 1.02. The molecule has 0 saturated carbocycles. The number of hydrogen-bond acceptors (Lipinski definition) is 4. The molecule has 0 fully saturated rings. The Morgan fingerprint density at radius 1 is 1.18 bits per heavy atom. The molecule has 0 saturated heterocycles. The van der Waals surface area contributed by atoms with Crippen LogP contribution in [0.4, 0.5) is 0 Å². The van der Waals surface area contributed by atoms with Gasteiger partial charge in [0.05, 0.1) is 14.2 Å². The molecule has 0 aliphatic carbocycles. The number of ether oxygens (including phenoxy) is 2. The molecule has 4 nitrogen and oxygen atoms in total. The van der Waals surface area contributed by atoms with Gasteiger partial charge in [-0.1, -0.05) is 0 Å². The fourth-order valence-corrected chi connectivity index (χ4v) is 1.74. The van der Waals surface area contributed by atoms with Crippen molar-refractivity contribution in [3.05, 3.63) is 17.7 Å². The maximum atomic E-state index is 9.80. The van der Waals surface area contributed by atoms with E-state index >= 15 is 0 Å². The zero-order valence-electron chi connectivity index (χ0n) is 11.0. The van der Waals surface area contributed by atoms with E-state index in [2.05, 4.69) is 4.90 Å². The minimum atomic E-state index is 0.131. The van der Waals surface area contributed by atoms with Crippen LogP contribution in [-0.2, 0) is 6.42 Å². The maximum Gasteiger partial charge on any atom is 0.203 e. The normalized spacial score (nSPS) is 10.6. The van der Waals surface area contributed by atoms with Crippen molar-refractivity contribution in [2.24, 2.45) is 0 Å². The van der Waals surface area contributed by atoms with Gasteiger partial charge >= 0.3 is 0 Å². The average molecular weight is 239 g/mol. The summed E-state index contributed by atoms with van der Waals surface area (Å²) < 4.78 is 10.3. The van der Waals surface area contributed by atoms with Crippen molar-refractivity contribution >= 4 is 0 Å². The van der Waals surface area contributed by atoms with Gasteiger partial charge in [0.25, 0.3) is 0 Å². The second kappa shape index (κ2) is 6.35. The van der Waals surface area contributed by atoms with Crippen molar-refractivity contribution in [1.29, 1.82) is 0 Å². The highest BCUT2D eigenvalue weighted by Gasteiger charge is 2.11. The molecular weight excluding hydrogens is 218 g/mol. The molecule has 1 aromatic carbocycles. The molecule has 0 atom stereocenters. The third-order valence-electron chi connectivity index (χ3n) is 2.59. The van der Waals surface area contributed by atoms with Crippen LogP contribution in [0.1, 0.15) is 12.0 Å². The van der Waals surface area contributed by atoms with Crippen LogP contribution < -0.4 is 9.47 Å². The van der Waals surface area contributed by atoms with E-state index in [1.54, 1.807) is 13.2 Å². The van der Waals surface area contributed by atoms with Crippen LogP contribution in [0.5, 0.6) is 17.2 Å². The zero-order valence-corrected chi connectivity index (χ0v) is 11.0. The van der Waals surface area contributed by atoms with Gasteiger partial charge in [-0.05, 0) is 51.2 Å². The fraction of sp³-hybridized carbons (Fsp3) is 0.538. The van der Waals surface area contributed by atoms with Crippen molar-refractivity contribution in [3.63, 3.8) is 0 Å². The van der Waals surface area contributed by atoms with E-state index in [9.17, 15) is 5.11 Å². The van der Waals surface area contributed by atoms with Crippen molar-refractivity contribution in [1.82, 2.24) is 4.90 Å². The van der Waals surface area contributed by atoms with Crippen LogP contribution >= 0.6 is 0 Å². The SMILES string of the molecule is COc1cc(CCCN(C)C)cc(O)c1OC. The number of methoxy groups -OCH3 is 2. The lowest BCUT2D eigenvalue weighted by molar-refractivity contribution is 0.332. The lowest BCUT2D eigenvalue weighted by Crippen LogP contribution is -2.13. The van der Waals surface area contributed by atoms with Gasteiger partial charge in [-0.25, -0.2) is 0 Å². The van der Waals surface area contributed by atoms with Crippen LogP contribution in [0.15, 0.2) is 12.1 Å². The number of hydrogen-bond donors (Lipinski definition) is 1. The van der Waals surface area contributed by atoms with Crippen molar-refractivity contribution in [2.75, 3.05) is 34.9 Å². The number of aryl methyl sites for hydroxylation is 1. The second-order valence-corrected chi connectivity index (χ2v) is 4.26. The largest absolute Gasteiger partial charge is 0.504 e. The highest BCUT2D eigenvalue weighted by atomic mass is 16.5. The van der Waals surface area contributed by atoms with E-state index in [1.807, 2.05) is 20.2 Å². The molecule has 0 heterocycles. The predicted octanol–water partition coefficient (Wildman–Crippen LogP) is 1.90. The van der Waals surface area contributed by atoms with Gasteiger partial charge in [0.1, 0.15) is 0 Å². The number of rotatable bonds is 6. The number of benzene rings is 1. The van der Waals surface area contributed by atoms with Gasteiger partial charge < -0.3 is 19.5 Å². The number of phenolic OH excluding ortho intramolecular Hbond substituents is 1. The maximum absolute atomic E-state index is 9.80. The summed E-state index contributed by atoms with van der Waals surface area (Å²) in [6, 6.07) is 3.64. The average Bonchev–Trinajstić information content (AvgIpc) is 2.27. The minimum Gasteiger partial charge on any atom is -0.504 e. The highest BCUT2D eigenvalue weighted by molar-refractivity contribution is 5.53. The van der Waals surface area contributed by atoms with Gasteiger partial charge in [0.2, 0.25) is 5.75 Å². The Morgan fingerprint density at radius 3 is 2.41 bits per heavy atom. The third-order valence-corrected chi connectivity index (χ3v) is 2.59. The molecule has 1 aromatic rings. The van der Waals surface area contributed by atoms with E-state index in [-0.39, 0.29) is 5.75 Å². The van der Waals surface area contributed by atoms with E-state index in [1.165, 1.54) is 7.11 Å². The van der Waals surface area contributed by atoms with E-state index in [0.717, 1.165) is 24.9 Å². The summed E-state index contributed by atoms with van der Waals surface area (Å²) >= 11 is 0. The van der Waals surface area contributed by atoms with Gasteiger partial charge in [-0.2, -0.15) is 0 Å². The lowest BCUT2D eigenvalue weighted by atomic mass is 10.1. The molecular formula is C13H21NO3. The fourth-order valence-electron chi connectivity index (χ4n) is 1.74. The Balaban J connectivity index is 2.77. The first-order valence-electron chi connectivity index (χ1n) is 5.67.